The molecule has 1 aliphatic heterocycles. The lowest BCUT2D eigenvalue weighted by atomic mass is 9.44. The van der Waals surface area contributed by atoms with Gasteiger partial charge in [0.1, 0.15) is 11.9 Å². The Morgan fingerprint density at radius 3 is 2.55 bits per heavy atom. The number of aliphatic hydroxyl groups excluding tert-OH is 1. The fourth-order valence-electron chi connectivity index (χ4n) is 9.02. The largest absolute Gasteiger partial charge is 0.461 e. The van der Waals surface area contributed by atoms with Gasteiger partial charge in [-0.15, -0.1) is 18.3 Å². The number of likely N-dealkylation sites (tertiary alicyclic amines) is 1. The molecule has 3 aliphatic carbocycles. The summed E-state index contributed by atoms with van der Waals surface area (Å²) in [7, 11) is 2.23. The van der Waals surface area contributed by atoms with Crippen molar-refractivity contribution in [2.75, 3.05) is 12.8 Å². The number of ketones is 1. The van der Waals surface area contributed by atoms with Gasteiger partial charge >= 0.3 is 5.97 Å². The first kappa shape index (κ1) is 30.1. The molecule has 6 heteroatoms. The van der Waals surface area contributed by atoms with Gasteiger partial charge in [-0.3, -0.25) is 9.59 Å². The number of ether oxygens (including phenoxy) is 1. The molecule has 216 valence electrons. The Balaban J connectivity index is 1.56. The van der Waals surface area contributed by atoms with Crippen molar-refractivity contribution in [3.05, 3.63) is 12.7 Å². The number of rotatable bonds is 8. The van der Waals surface area contributed by atoms with Crippen molar-refractivity contribution in [1.29, 1.82) is 0 Å². The highest BCUT2D eigenvalue weighted by Crippen LogP contribution is 2.68. The maximum Gasteiger partial charge on any atom is 0.316 e. The number of hydrogen-bond acceptors (Lipinski definition) is 6. The van der Waals surface area contributed by atoms with Gasteiger partial charge in [0.15, 0.2) is 0 Å². The fraction of sp³-hybridized carbons (Fsp3) is 0.875. The summed E-state index contributed by atoms with van der Waals surface area (Å²) in [5, 5.41) is 12.1. The number of aliphatic hydroxyl groups is 1. The van der Waals surface area contributed by atoms with Crippen molar-refractivity contribution in [2.24, 2.45) is 34.0 Å². The van der Waals surface area contributed by atoms with Crippen LogP contribution >= 0.6 is 11.8 Å². The first-order valence-electron chi connectivity index (χ1n) is 15.2. The molecule has 4 rings (SSSR count). The van der Waals surface area contributed by atoms with E-state index in [1.807, 2.05) is 6.08 Å². The molecule has 11 unspecified atom stereocenters. The molecule has 0 aromatic carbocycles. The molecule has 0 amide bonds. The summed E-state index contributed by atoms with van der Waals surface area (Å²) in [5.74, 6) is 0.522. The Morgan fingerprint density at radius 2 is 1.95 bits per heavy atom. The van der Waals surface area contributed by atoms with Crippen LogP contribution in [0, 0.1) is 34.0 Å². The maximum absolute atomic E-state index is 13.6. The third-order valence-corrected chi connectivity index (χ3v) is 13.6. The zero-order valence-electron chi connectivity index (χ0n) is 25.0. The lowest BCUT2D eigenvalue weighted by Crippen LogP contribution is -2.63. The lowest BCUT2D eigenvalue weighted by molar-refractivity contribution is -0.205. The second-order valence-corrected chi connectivity index (χ2v) is 15.2. The molecule has 11 atom stereocenters. The normalized spacial score (nSPS) is 46.2. The lowest BCUT2D eigenvalue weighted by Gasteiger charge is -2.61. The van der Waals surface area contributed by atoms with Crippen LogP contribution in [0.25, 0.3) is 0 Å². The standard InChI is InChI=1S/C32H53NO4S/c1-9-24(17-23-12-11-21(4)33(23)8)38-19-27(35)37-26-18-30(6,10-2)29(36)22(5)32-15-13-20(3)31(26,7)28(32)25(34)14-16-32/h10,20-24,26,28-29,36H,2,9,11-19H2,1,3-8H3. The SMILES string of the molecule is C=CC1(C)CC(OC(=O)CSC(CC)CC2CCC(C)N2C)C2(C)C(C)CCC3(CCC(=O)C32)C(C)C1O. The van der Waals surface area contributed by atoms with Crippen LogP contribution in [0.2, 0.25) is 0 Å². The predicted octanol–water partition coefficient (Wildman–Crippen LogP) is 6.28. The first-order chi connectivity index (χ1) is 17.8. The molecule has 38 heavy (non-hydrogen) atoms. The molecule has 1 saturated heterocycles. The summed E-state index contributed by atoms with van der Waals surface area (Å²) in [4.78, 5) is 29.5. The Morgan fingerprint density at radius 1 is 1.24 bits per heavy atom. The van der Waals surface area contributed by atoms with Gasteiger partial charge in [-0.2, -0.15) is 0 Å². The van der Waals surface area contributed by atoms with Crippen molar-refractivity contribution < 1.29 is 19.4 Å². The Labute approximate surface area is 235 Å². The number of thioether (sulfide) groups is 1. The van der Waals surface area contributed by atoms with Crippen LogP contribution in [0.5, 0.6) is 0 Å². The van der Waals surface area contributed by atoms with E-state index in [1.54, 1.807) is 11.8 Å². The van der Waals surface area contributed by atoms with Crippen molar-refractivity contribution in [3.63, 3.8) is 0 Å². The Bertz CT molecular complexity index is 910. The summed E-state index contributed by atoms with van der Waals surface area (Å²) in [6, 6.07) is 1.22. The average Bonchev–Trinajstić information content (AvgIpc) is 3.41. The molecule has 2 bridgehead atoms. The van der Waals surface area contributed by atoms with Gasteiger partial charge in [0.2, 0.25) is 0 Å². The zero-order valence-corrected chi connectivity index (χ0v) is 25.8. The van der Waals surface area contributed by atoms with Crippen LogP contribution in [0.15, 0.2) is 12.7 Å². The van der Waals surface area contributed by atoms with Gasteiger partial charge in [0.05, 0.1) is 11.9 Å². The number of esters is 1. The molecule has 0 aromatic rings. The molecule has 0 aromatic heterocycles. The summed E-state index contributed by atoms with van der Waals surface area (Å²) in [6.45, 7) is 17.3. The van der Waals surface area contributed by atoms with Crippen LogP contribution in [-0.2, 0) is 14.3 Å². The van der Waals surface area contributed by atoms with Gasteiger partial charge in [-0.25, -0.2) is 0 Å². The number of carbonyl (C=O) groups is 2. The second kappa shape index (κ2) is 11.2. The highest BCUT2D eigenvalue weighted by molar-refractivity contribution is 8.00. The van der Waals surface area contributed by atoms with E-state index in [-0.39, 0.29) is 29.1 Å². The first-order valence-corrected chi connectivity index (χ1v) is 16.3. The highest BCUT2D eigenvalue weighted by atomic mass is 32.2. The van der Waals surface area contributed by atoms with E-state index in [0.717, 1.165) is 32.1 Å². The minimum absolute atomic E-state index is 0.0114. The van der Waals surface area contributed by atoms with E-state index in [0.29, 0.717) is 41.7 Å². The third kappa shape index (κ3) is 4.93. The monoisotopic (exact) mass is 547 g/mol. The van der Waals surface area contributed by atoms with Gasteiger partial charge in [-0.05, 0) is 82.6 Å². The summed E-state index contributed by atoms with van der Waals surface area (Å²) >= 11 is 1.73. The number of carbonyl (C=O) groups excluding carboxylic acids is 2. The van der Waals surface area contributed by atoms with Crippen LogP contribution in [-0.4, -0.2) is 64.1 Å². The molecular formula is C32H53NO4S. The molecule has 0 spiro atoms. The van der Waals surface area contributed by atoms with E-state index < -0.39 is 23.0 Å². The Hall–Kier alpha value is -0.850. The van der Waals surface area contributed by atoms with Crippen molar-refractivity contribution >= 4 is 23.5 Å². The minimum Gasteiger partial charge on any atom is -0.461 e. The van der Waals surface area contributed by atoms with E-state index in [1.165, 1.54) is 12.8 Å². The van der Waals surface area contributed by atoms with E-state index in [2.05, 4.69) is 60.1 Å². The second-order valence-electron chi connectivity index (χ2n) is 13.9. The molecular weight excluding hydrogens is 494 g/mol. The average molecular weight is 548 g/mol. The maximum atomic E-state index is 13.6. The summed E-state index contributed by atoms with van der Waals surface area (Å²) < 4.78 is 6.44. The highest BCUT2D eigenvalue weighted by Gasteiger charge is 2.68. The zero-order chi connectivity index (χ0) is 28.0. The third-order valence-electron chi connectivity index (χ3n) is 12.2. The molecule has 0 radical (unpaired) electrons. The van der Waals surface area contributed by atoms with Crippen molar-refractivity contribution in [1.82, 2.24) is 4.90 Å². The number of nitrogens with zero attached hydrogens (tertiary/aromatic N) is 1. The molecule has 3 saturated carbocycles. The number of Topliss-reactive ketones (excluding diaryl/α,β-unsaturated/α-hetero) is 1. The molecule has 4 aliphatic rings. The fourth-order valence-corrected chi connectivity index (χ4v) is 10.1. The van der Waals surface area contributed by atoms with Gasteiger partial charge in [0.25, 0.3) is 0 Å². The van der Waals surface area contributed by atoms with Crippen LogP contribution in [0.3, 0.4) is 0 Å². The predicted molar refractivity (Wildman–Crippen MR) is 156 cm³/mol. The molecule has 1 N–H and O–H groups in total. The van der Waals surface area contributed by atoms with Crippen LogP contribution in [0.1, 0.15) is 99.3 Å². The van der Waals surface area contributed by atoms with E-state index >= 15 is 0 Å². The van der Waals surface area contributed by atoms with E-state index in [4.69, 9.17) is 4.74 Å². The van der Waals surface area contributed by atoms with Gasteiger partial charge < -0.3 is 14.7 Å². The van der Waals surface area contributed by atoms with E-state index in [9.17, 15) is 14.7 Å². The molecule has 5 nitrogen and oxygen atoms in total. The minimum atomic E-state index is -0.628. The Kier molecular flexibility index (Phi) is 8.88. The smallest absolute Gasteiger partial charge is 0.316 e. The topological polar surface area (TPSA) is 66.8 Å². The molecule has 4 fully saturated rings. The van der Waals surface area contributed by atoms with Crippen LogP contribution < -0.4 is 0 Å². The van der Waals surface area contributed by atoms with Gasteiger partial charge in [0, 0.05) is 40.5 Å². The quantitative estimate of drug-likeness (QED) is 0.285. The number of hydrogen-bond donors (Lipinski definition) is 1. The molecule has 1 heterocycles. The van der Waals surface area contributed by atoms with Crippen molar-refractivity contribution in [3.8, 4) is 0 Å². The van der Waals surface area contributed by atoms with Crippen LogP contribution in [0.4, 0.5) is 0 Å². The van der Waals surface area contributed by atoms with Gasteiger partial charge in [-0.1, -0.05) is 40.7 Å². The van der Waals surface area contributed by atoms with Crippen molar-refractivity contribution in [2.45, 2.75) is 129 Å². The summed E-state index contributed by atoms with van der Waals surface area (Å²) in [6.07, 6.45) is 9.27. The summed E-state index contributed by atoms with van der Waals surface area (Å²) in [5.41, 5.74) is -1.27.